The summed E-state index contributed by atoms with van der Waals surface area (Å²) in [6.07, 6.45) is -0.514. The summed E-state index contributed by atoms with van der Waals surface area (Å²) in [4.78, 5) is 17.0. The molecule has 0 aliphatic heterocycles. The summed E-state index contributed by atoms with van der Waals surface area (Å²) in [6.45, 7) is 4.79. The van der Waals surface area contributed by atoms with Gasteiger partial charge in [0.25, 0.3) is 5.91 Å². The van der Waals surface area contributed by atoms with Crippen LogP contribution in [0.1, 0.15) is 47.8 Å². The quantitative estimate of drug-likeness (QED) is 0.571. The molecule has 1 aromatic carbocycles. The number of amides is 1. The summed E-state index contributed by atoms with van der Waals surface area (Å²) in [6, 6.07) is 1.93. The standard InChI is InChI=1S/C20H20F4N4O3/c1-11-8-25-17-13(9-26-28(17)10-11)18(29)27-15(7-19(2,3)30)12-4-5-16(14(21)6-12)31-20(22,23)24/h4-6,8-10,15,30H,7H2,1-3H3,(H,27,29). The monoisotopic (exact) mass is 440 g/mol. The molecule has 3 rings (SSSR count). The Morgan fingerprint density at radius 2 is 2.00 bits per heavy atom. The van der Waals surface area contributed by atoms with Gasteiger partial charge in [0, 0.05) is 18.8 Å². The molecule has 2 N–H and O–H groups in total. The highest BCUT2D eigenvalue weighted by molar-refractivity contribution is 5.99. The Morgan fingerprint density at radius 3 is 2.61 bits per heavy atom. The molecule has 7 nitrogen and oxygen atoms in total. The number of aliphatic hydroxyl groups is 1. The zero-order valence-corrected chi connectivity index (χ0v) is 16.9. The lowest BCUT2D eigenvalue weighted by Gasteiger charge is -2.26. The van der Waals surface area contributed by atoms with E-state index in [1.807, 2.05) is 6.92 Å². The number of halogens is 4. The third-order valence-electron chi connectivity index (χ3n) is 4.32. The van der Waals surface area contributed by atoms with E-state index in [2.05, 4.69) is 20.1 Å². The number of aryl methyl sites for hydroxylation is 1. The first-order chi connectivity index (χ1) is 14.3. The molecule has 0 bridgehead atoms. The van der Waals surface area contributed by atoms with E-state index in [0.717, 1.165) is 17.7 Å². The molecule has 0 aliphatic rings. The summed E-state index contributed by atoms with van der Waals surface area (Å²) in [5.41, 5.74) is 0.164. The van der Waals surface area contributed by atoms with Gasteiger partial charge >= 0.3 is 6.36 Å². The van der Waals surface area contributed by atoms with Gasteiger partial charge in [-0.2, -0.15) is 5.10 Å². The third-order valence-corrected chi connectivity index (χ3v) is 4.32. The van der Waals surface area contributed by atoms with Crippen LogP contribution in [0, 0.1) is 12.7 Å². The fourth-order valence-electron chi connectivity index (χ4n) is 3.06. The van der Waals surface area contributed by atoms with E-state index in [4.69, 9.17) is 0 Å². The van der Waals surface area contributed by atoms with E-state index in [0.29, 0.717) is 5.65 Å². The van der Waals surface area contributed by atoms with E-state index in [9.17, 15) is 27.5 Å². The predicted molar refractivity (Wildman–Crippen MR) is 102 cm³/mol. The number of benzene rings is 1. The summed E-state index contributed by atoms with van der Waals surface area (Å²) < 4.78 is 56.4. The van der Waals surface area contributed by atoms with Crippen molar-refractivity contribution in [3.8, 4) is 5.75 Å². The molecule has 0 saturated carbocycles. The predicted octanol–water partition coefficient (Wildman–Crippen LogP) is 3.71. The first kappa shape index (κ1) is 22.5. The lowest BCUT2D eigenvalue weighted by molar-refractivity contribution is -0.275. The lowest BCUT2D eigenvalue weighted by atomic mass is 9.93. The van der Waals surface area contributed by atoms with Crippen molar-refractivity contribution in [1.29, 1.82) is 0 Å². The normalized spacial score (nSPS) is 13.3. The maximum absolute atomic E-state index is 14.2. The third kappa shape index (κ3) is 5.69. The van der Waals surface area contributed by atoms with Gasteiger partial charge < -0.3 is 15.2 Å². The van der Waals surface area contributed by atoms with E-state index in [1.165, 1.54) is 30.6 Å². The molecule has 166 valence electrons. The number of hydrogen-bond donors (Lipinski definition) is 2. The lowest BCUT2D eigenvalue weighted by Crippen LogP contribution is -2.34. The second-order valence-corrected chi connectivity index (χ2v) is 7.74. The van der Waals surface area contributed by atoms with Gasteiger partial charge in [-0.25, -0.2) is 13.9 Å². The first-order valence-electron chi connectivity index (χ1n) is 9.21. The SMILES string of the molecule is Cc1cnc2c(C(=O)NC(CC(C)(C)O)c3ccc(OC(F)(F)F)c(F)c3)cnn2c1. The van der Waals surface area contributed by atoms with Crippen molar-refractivity contribution >= 4 is 11.6 Å². The minimum Gasteiger partial charge on any atom is -0.403 e. The maximum Gasteiger partial charge on any atom is 0.573 e. The Kier molecular flexibility index (Phi) is 5.90. The number of alkyl halides is 3. The molecule has 1 amide bonds. The molecule has 0 spiro atoms. The van der Waals surface area contributed by atoms with Crippen LogP contribution in [0.15, 0.2) is 36.8 Å². The van der Waals surface area contributed by atoms with Crippen molar-refractivity contribution in [3.63, 3.8) is 0 Å². The Balaban J connectivity index is 1.90. The molecule has 31 heavy (non-hydrogen) atoms. The highest BCUT2D eigenvalue weighted by Gasteiger charge is 2.33. The number of carbonyl (C=O) groups excluding carboxylic acids is 1. The molecule has 1 atom stereocenters. The molecular weight excluding hydrogens is 420 g/mol. The van der Waals surface area contributed by atoms with Crippen LogP contribution in [0.4, 0.5) is 17.6 Å². The summed E-state index contributed by atoms with van der Waals surface area (Å²) in [5.74, 6) is -2.83. The van der Waals surface area contributed by atoms with Crippen molar-refractivity contribution in [2.75, 3.05) is 0 Å². The fourth-order valence-corrected chi connectivity index (χ4v) is 3.06. The number of nitrogens with zero attached hydrogens (tertiary/aromatic N) is 3. The van der Waals surface area contributed by atoms with Gasteiger partial charge in [-0.1, -0.05) is 6.07 Å². The van der Waals surface area contributed by atoms with Crippen LogP contribution < -0.4 is 10.1 Å². The average molecular weight is 440 g/mol. The van der Waals surface area contributed by atoms with Gasteiger partial charge in [-0.05, 0) is 44.0 Å². The first-order valence-corrected chi connectivity index (χ1v) is 9.21. The van der Waals surface area contributed by atoms with Gasteiger partial charge in [0.05, 0.1) is 17.8 Å². The Bertz CT molecular complexity index is 1110. The minimum atomic E-state index is -5.04. The van der Waals surface area contributed by atoms with Crippen molar-refractivity contribution in [2.24, 2.45) is 0 Å². The molecule has 0 radical (unpaired) electrons. The molecule has 11 heteroatoms. The van der Waals surface area contributed by atoms with Crippen LogP contribution in [0.5, 0.6) is 5.75 Å². The molecule has 2 aromatic heterocycles. The Labute approximate surface area is 174 Å². The number of rotatable bonds is 6. The fraction of sp³-hybridized carbons (Fsp3) is 0.350. The van der Waals surface area contributed by atoms with Gasteiger partial charge in [0.2, 0.25) is 0 Å². The van der Waals surface area contributed by atoms with Gasteiger partial charge in [-0.3, -0.25) is 4.79 Å². The van der Waals surface area contributed by atoms with Crippen LogP contribution >= 0.6 is 0 Å². The van der Waals surface area contributed by atoms with Crippen molar-refractivity contribution in [3.05, 3.63) is 59.3 Å². The summed E-state index contributed by atoms with van der Waals surface area (Å²) >= 11 is 0. The summed E-state index contributed by atoms with van der Waals surface area (Å²) in [7, 11) is 0. The molecule has 0 aliphatic carbocycles. The largest absolute Gasteiger partial charge is 0.573 e. The zero-order valence-electron chi connectivity index (χ0n) is 16.9. The molecule has 2 heterocycles. The highest BCUT2D eigenvalue weighted by atomic mass is 19.4. The average Bonchev–Trinajstić information content (AvgIpc) is 3.03. The summed E-state index contributed by atoms with van der Waals surface area (Å²) in [5, 5.41) is 17.0. The van der Waals surface area contributed by atoms with Crippen LogP contribution in [-0.4, -0.2) is 37.6 Å². The smallest absolute Gasteiger partial charge is 0.403 e. The van der Waals surface area contributed by atoms with Crippen LogP contribution in [0.25, 0.3) is 5.65 Å². The molecular formula is C20H20F4N4O3. The topological polar surface area (TPSA) is 88.8 Å². The number of hydrogen-bond acceptors (Lipinski definition) is 5. The highest BCUT2D eigenvalue weighted by Crippen LogP contribution is 2.30. The van der Waals surface area contributed by atoms with Crippen molar-refractivity contribution < 1.29 is 32.2 Å². The van der Waals surface area contributed by atoms with E-state index in [-0.39, 0.29) is 17.5 Å². The molecule has 0 saturated heterocycles. The van der Waals surface area contributed by atoms with E-state index < -0.39 is 35.5 Å². The van der Waals surface area contributed by atoms with E-state index in [1.54, 1.807) is 12.4 Å². The number of carbonyl (C=O) groups is 1. The number of nitrogens with one attached hydrogen (secondary N) is 1. The second kappa shape index (κ2) is 8.14. The van der Waals surface area contributed by atoms with Crippen molar-refractivity contribution in [1.82, 2.24) is 19.9 Å². The van der Waals surface area contributed by atoms with Gasteiger partial charge in [0.15, 0.2) is 17.2 Å². The van der Waals surface area contributed by atoms with Crippen molar-refractivity contribution in [2.45, 2.75) is 45.2 Å². The number of aromatic nitrogens is 3. The maximum atomic E-state index is 14.2. The van der Waals surface area contributed by atoms with Crippen LogP contribution in [-0.2, 0) is 0 Å². The molecule has 3 aromatic rings. The Hall–Kier alpha value is -3.21. The van der Waals surface area contributed by atoms with Crippen LogP contribution in [0.3, 0.4) is 0 Å². The molecule has 1 unspecified atom stereocenters. The van der Waals surface area contributed by atoms with Crippen LogP contribution in [0.2, 0.25) is 0 Å². The second-order valence-electron chi connectivity index (χ2n) is 7.74. The van der Waals surface area contributed by atoms with Gasteiger partial charge in [-0.15, -0.1) is 13.2 Å². The minimum absolute atomic E-state index is 0.0383. The zero-order chi connectivity index (χ0) is 23.0. The molecule has 0 fully saturated rings. The number of fused-ring (bicyclic) bond motifs is 1. The number of ether oxygens (including phenoxy) is 1. The van der Waals surface area contributed by atoms with E-state index >= 15 is 0 Å². The Morgan fingerprint density at radius 1 is 1.29 bits per heavy atom. The van der Waals surface area contributed by atoms with Gasteiger partial charge in [0.1, 0.15) is 5.56 Å².